The zero-order chi connectivity index (χ0) is 17.1. The van der Waals surface area contributed by atoms with E-state index in [1.54, 1.807) is 12.1 Å². The molecule has 2 rings (SSSR count). The van der Waals surface area contributed by atoms with Gasteiger partial charge >= 0.3 is 0 Å². The van der Waals surface area contributed by atoms with E-state index in [0.717, 1.165) is 28.0 Å². The Bertz CT molecular complexity index is 725. The summed E-state index contributed by atoms with van der Waals surface area (Å²) in [5.41, 5.74) is 3.55. The lowest BCUT2D eigenvalue weighted by Gasteiger charge is -2.09. The molecule has 1 N–H and O–H groups in total. The first kappa shape index (κ1) is 18.0. The van der Waals surface area contributed by atoms with E-state index in [4.69, 9.17) is 11.6 Å². The number of halogens is 2. The van der Waals surface area contributed by atoms with Gasteiger partial charge in [0.15, 0.2) is 0 Å². The van der Waals surface area contributed by atoms with Crippen LogP contribution < -0.4 is 5.32 Å². The van der Waals surface area contributed by atoms with Crippen LogP contribution in [-0.4, -0.2) is 15.7 Å². The molecular formula is C17H21BrClN3O. The van der Waals surface area contributed by atoms with Crippen LogP contribution in [0.2, 0.25) is 5.02 Å². The molecule has 0 unspecified atom stereocenters. The minimum absolute atomic E-state index is 0.0930. The molecule has 0 fully saturated rings. The molecule has 6 heteroatoms. The Morgan fingerprint density at radius 3 is 2.70 bits per heavy atom. The van der Waals surface area contributed by atoms with Crippen molar-refractivity contribution in [1.29, 1.82) is 0 Å². The third-order valence-corrected chi connectivity index (χ3v) is 4.42. The number of hydrogen-bond donors (Lipinski definition) is 1. The summed E-state index contributed by atoms with van der Waals surface area (Å²) < 4.78 is 2.86. The van der Waals surface area contributed by atoms with Gasteiger partial charge in [0.05, 0.1) is 22.8 Å². The van der Waals surface area contributed by atoms with Gasteiger partial charge in [0.2, 0.25) is 5.91 Å². The number of nitrogens with one attached hydrogen (secondary N) is 1. The molecular weight excluding hydrogens is 378 g/mol. The van der Waals surface area contributed by atoms with Crippen molar-refractivity contribution in [2.24, 2.45) is 5.92 Å². The molecule has 124 valence electrons. The van der Waals surface area contributed by atoms with Crippen LogP contribution in [0.4, 0.5) is 5.69 Å². The number of nitrogens with zero attached hydrogens (tertiary/aromatic N) is 2. The van der Waals surface area contributed by atoms with E-state index in [0.29, 0.717) is 23.0 Å². The molecule has 0 radical (unpaired) electrons. The Labute approximate surface area is 150 Å². The normalized spacial score (nSPS) is 11.1. The third kappa shape index (κ3) is 4.58. The summed E-state index contributed by atoms with van der Waals surface area (Å²) in [5, 5.41) is 7.92. The average molecular weight is 399 g/mol. The fourth-order valence-electron chi connectivity index (χ4n) is 2.46. The summed E-state index contributed by atoms with van der Waals surface area (Å²) >= 11 is 9.49. The van der Waals surface area contributed by atoms with E-state index in [1.807, 2.05) is 24.6 Å². The molecule has 0 atom stereocenters. The second-order valence-electron chi connectivity index (χ2n) is 6.07. The lowest BCUT2D eigenvalue weighted by atomic mass is 10.1. The van der Waals surface area contributed by atoms with E-state index >= 15 is 0 Å². The minimum Gasteiger partial charge on any atom is -0.324 e. The molecule has 0 aliphatic rings. The fraction of sp³-hybridized carbons (Fsp3) is 0.412. The monoisotopic (exact) mass is 397 g/mol. The molecule has 4 nitrogen and oxygen atoms in total. The van der Waals surface area contributed by atoms with E-state index in [2.05, 4.69) is 40.2 Å². The van der Waals surface area contributed by atoms with E-state index < -0.39 is 0 Å². The highest BCUT2D eigenvalue weighted by molar-refractivity contribution is 9.10. The van der Waals surface area contributed by atoms with Gasteiger partial charge in [-0.3, -0.25) is 9.48 Å². The zero-order valence-electron chi connectivity index (χ0n) is 13.8. The predicted octanol–water partition coefficient (Wildman–Crippen LogP) is 4.75. The van der Waals surface area contributed by atoms with E-state index in [1.165, 1.54) is 0 Å². The zero-order valence-corrected chi connectivity index (χ0v) is 16.1. The quantitative estimate of drug-likeness (QED) is 0.790. The SMILES string of the molecule is Cc1nn(CC(C)C)c(C)c1CC(=O)Nc1ccc(Br)cc1Cl. The van der Waals surface area contributed by atoms with Gasteiger partial charge in [-0.05, 0) is 38.0 Å². The van der Waals surface area contributed by atoms with Crippen molar-refractivity contribution >= 4 is 39.1 Å². The highest BCUT2D eigenvalue weighted by atomic mass is 79.9. The average Bonchev–Trinajstić information content (AvgIpc) is 2.69. The lowest BCUT2D eigenvalue weighted by Crippen LogP contribution is -2.16. The number of rotatable bonds is 5. The van der Waals surface area contributed by atoms with Gasteiger partial charge in [-0.1, -0.05) is 41.4 Å². The maximum Gasteiger partial charge on any atom is 0.228 e. The summed E-state index contributed by atoms with van der Waals surface area (Å²) in [6, 6.07) is 5.39. The molecule has 2 aromatic rings. The Balaban J connectivity index is 2.12. The van der Waals surface area contributed by atoms with Crippen LogP contribution in [0.1, 0.15) is 30.8 Å². The van der Waals surface area contributed by atoms with Gasteiger partial charge in [0.25, 0.3) is 0 Å². The number of amides is 1. The topological polar surface area (TPSA) is 46.9 Å². The number of carbonyl (C=O) groups is 1. The summed E-state index contributed by atoms with van der Waals surface area (Å²) in [6.45, 7) is 9.11. The Hall–Kier alpha value is -1.33. The van der Waals surface area contributed by atoms with Crippen molar-refractivity contribution in [3.05, 3.63) is 44.6 Å². The van der Waals surface area contributed by atoms with E-state index in [-0.39, 0.29) is 5.91 Å². The van der Waals surface area contributed by atoms with Gasteiger partial charge in [-0.15, -0.1) is 0 Å². The van der Waals surface area contributed by atoms with Gasteiger partial charge in [-0.2, -0.15) is 5.10 Å². The molecule has 0 saturated carbocycles. The smallest absolute Gasteiger partial charge is 0.228 e. The molecule has 1 amide bonds. The van der Waals surface area contributed by atoms with Crippen LogP contribution in [0.5, 0.6) is 0 Å². The van der Waals surface area contributed by atoms with Gasteiger partial charge in [0.1, 0.15) is 0 Å². The lowest BCUT2D eigenvalue weighted by molar-refractivity contribution is -0.115. The Morgan fingerprint density at radius 1 is 1.39 bits per heavy atom. The molecule has 0 spiro atoms. The number of aryl methyl sites for hydroxylation is 1. The fourth-order valence-corrected chi connectivity index (χ4v) is 3.18. The summed E-state index contributed by atoms with van der Waals surface area (Å²) in [6.07, 6.45) is 0.294. The number of carbonyl (C=O) groups excluding carboxylic acids is 1. The standard InChI is InChI=1S/C17H21BrClN3O/c1-10(2)9-22-12(4)14(11(3)21-22)8-17(23)20-16-6-5-13(18)7-15(16)19/h5-7,10H,8-9H2,1-4H3,(H,20,23). The minimum atomic E-state index is -0.0930. The molecule has 0 bridgehead atoms. The molecule has 0 aliphatic carbocycles. The van der Waals surface area contributed by atoms with Crippen molar-refractivity contribution in [3.8, 4) is 0 Å². The summed E-state index contributed by atoms with van der Waals surface area (Å²) in [7, 11) is 0. The largest absolute Gasteiger partial charge is 0.324 e. The first-order chi connectivity index (χ1) is 10.8. The first-order valence-electron chi connectivity index (χ1n) is 7.55. The number of hydrogen-bond acceptors (Lipinski definition) is 2. The van der Waals surface area contributed by atoms with Crippen LogP contribution in [0.3, 0.4) is 0 Å². The highest BCUT2D eigenvalue weighted by Crippen LogP contribution is 2.26. The molecule has 1 heterocycles. The third-order valence-electron chi connectivity index (χ3n) is 3.61. The van der Waals surface area contributed by atoms with Gasteiger partial charge < -0.3 is 5.32 Å². The molecule has 0 aliphatic heterocycles. The molecule has 1 aromatic heterocycles. The van der Waals surface area contributed by atoms with Crippen molar-refractivity contribution in [2.45, 2.75) is 40.7 Å². The predicted molar refractivity (Wildman–Crippen MR) is 98.0 cm³/mol. The molecule has 1 aromatic carbocycles. The van der Waals surface area contributed by atoms with Crippen LogP contribution in [-0.2, 0) is 17.8 Å². The van der Waals surface area contributed by atoms with Gasteiger partial charge in [0, 0.05) is 22.3 Å². The summed E-state index contributed by atoms with van der Waals surface area (Å²) in [4.78, 5) is 12.3. The number of anilines is 1. The van der Waals surface area contributed by atoms with Crippen molar-refractivity contribution in [3.63, 3.8) is 0 Å². The second kappa shape index (κ2) is 7.49. The maximum atomic E-state index is 12.3. The van der Waals surface area contributed by atoms with Gasteiger partial charge in [-0.25, -0.2) is 0 Å². The maximum absolute atomic E-state index is 12.3. The van der Waals surface area contributed by atoms with Crippen LogP contribution in [0.25, 0.3) is 0 Å². The number of benzene rings is 1. The Morgan fingerprint density at radius 2 is 2.09 bits per heavy atom. The van der Waals surface area contributed by atoms with E-state index in [9.17, 15) is 4.79 Å². The number of aromatic nitrogens is 2. The molecule has 23 heavy (non-hydrogen) atoms. The van der Waals surface area contributed by atoms with Crippen LogP contribution >= 0.6 is 27.5 Å². The molecule has 0 saturated heterocycles. The summed E-state index contributed by atoms with van der Waals surface area (Å²) in [5.74, 6) is 0.417. The van der Waals surface area contributed by atoms with Crippen molar-refractivity contribution in [2.75, 3.05) is 5.32 Å². The Kier molecular flexibility index (Phi) is 5.87. The highest BCUT2D eigenvalue weighted by Gasteiger charge is 2.16. The van der Waals surface area contributed by atoms with Crippen LogP contribution in [0.15, 0.2) is 22.7 Å². The van der Waals surface area contributed by atoms with Crippen molar-refractivity contribution < 1.29 is 4.79 Å². The second-order valence-corrected chi connectivity index (χ2v) is 7.40. The van der Waals surface area contributed by atoms with Crippen molar-refractivity contribution in [1.82, 2.24) is 9.78 Å². The van der Waals surface area contributed by atoms with Crippen LogP contribution in [0, 0.1) is 19.8 Å². The first-order valence-corrected chi connectivity index (χ1v) is 8.72.